The van der Waals surface area contributed by atoms with E-state index < -0.39 is 0 Å². The number of nitrogen functional groups attached to an aromatic ring is 1. The number of hydrogen-bond acceptors (Lipinski definition) is 3. The van der Waals surface area contributed by atoms with Gasteiger partial charge in [-0.3, -0.25) is 0 Å². The molecule has 2 aromatic rings. The van der Waals surface area contributed by atoms with Crippen molar-refractivity contribution in [2.75, 3.05) is 5.73 Å². The van der Waals surface area contributed by atoms with Crippen molar-refractivity contribution < 1.29 is 8.17 Å². The summed E-state index contributed by atoms with van der Waals surface area (Å²) in [4.78, 5) is 0. The summed E-state index contributed by atoms with van der Waals surface area (Å²) in [6, 6.07) is 11.1. The molecule has 0 aliphatic carbocycles. The van der Waals surface area contributed by atoms with Gasteiger partial charge in [0.05, 0.1) is 5.69 Å². The summed E-state index contributed by atoms with van der Waals surface area (Å²) >= 11 is 1.83. The van der Waals surface area contributed by atoms with Crippen molar-refractivity contribution in [1.29, 1.82) is 0 Å². The lowest BCUT2D eigenvalue weighted by atomic mass is 10.0. The molecule has 0 radical (unpaired) electrons. The Bertz CT molecular complexity index is 579. The Balaban J connectivity index is 2.50. The van der Waals surface area contributed by atoms with Crippen LogP contribution in [-0.4, -0.2) is 5.11 Å². The van der Waals surface area contributed by atoms with Crippen LogP contribution >= 0.6 is 23.0 Å². The lowest BCUT2D eigenvalue weighted by Gasteiger charge is -2.10. The Kier molecular flexibility index (Phi) is 3.76. The molecule has 92 valence electrons. The summed E-state index contributed by atoms with van der Waals surface area (Å²) < 4.78 is 5.07. The molecule has 3 nitrogen and oxygen atoms in total. The SMILES string of the molecule is C=Cc1ccc(-c2ccc(OI)cc2)c(N)c1O. The van der Waals surface area contributed by atoms with E-state index >= 15 is 0 Å². The minimum absolute atomic E-state index is 0.0664. The molecule has 0 aromatic heterocycles. The Labute approximate surface area is 120 Å². The van der Waals surface area contributed by atoms with Crippen LogP contribution in [0.3, 0.4) is 0 Å². The number of anilines is 1. The zero-order chi connectivity index (χ0) is 13.1. The number of aromatic hydroxyl groups is 1. The molecule has 2 rings (SSSR count). The Morgan fingerprint density at radius 1 is 1.17 bits per heavy atom. The molecule has 0 heterocycles. The van der Waals surface area contributed by atoms with Crippen molar-refractivity contribution in [3.63, 3.8) is 0 Å². The molecule has 0 saturated heterocycles. The molecule has 0 aliphatic rings. The van der Waals surface area contributed by atoms with Crippen LogP contribution in [0, 0.1) is 0 Å². The molecule has 0 saturated carbocycles. The molecule has 0 atom stereocenters. The molecular formula is C14H12INO2. The van der Waals surface area contributed by atoms with E-state index in [0.29, 0.717) is 11.3 Å². The Hall–Kier alpha value is -1.69. The van der Waals surface area contributed by atoms with E-state index in [0.717, 1.165) is 16.9 Å². The highest BCUT2D eigenvalue weighted by atomic mass is 127. The highest BCUT2D eigenvalue weighted by Crippen LogP contribution is 2.36. The molecule has 0 unspecified atom stereocenters. The van der Waals surface area contributed by atoms with Crippen LogP contribution in [0.1, 0.15) is 5.56 Å². The number of nitrogens with two attached hydrogens (primary N) is 1. The molecule has 3 N–H and O–H groups in total. The normalized spacial score (nSPS) is 10.1. The van der Waals surface area contributed by atoms with Crippen LogP contribution in [0.4, 0.5) is 5.69 Å². The van der Waals surface area contributed by atoms with Gasteiger partial charge < -0.3 is 13.9 Å². The summed E-state index contributed by atoms with van der Waals surface area (Å²) in [7, 11) is 0. The van der Waals surface area contributed by atoms with Crippen LogP contribution in [0.5, 0.6) is 11.5 Å². The predicted molar refractivity (Wildman–Crippen MR) is 82.7 cm³/mol. The maximum atomic E-state index is 9.92. The zero-order valence-corrected chi connectivity index (χ0v) is 11.7. The first kappa shape index (κ1) is 12.8. The molecule has 0 bridgehead atoms. The minimum Gasteiger partial charge on any atom is -0.505 e. The third-order valence-electron chi connectivity index (χ3n) is 2.72. The van der Waals surface area contributed by atoms with Gasteiger partial charge in [-0.2, -0.15) is 0 Å². The average molecular weight is 353 g/mol. The van der Waals surface area contributed by atoms with Gasteiger partial charge in [0.2, 0.25) is 0 Å². The Morgan fingerprint density at radius 3 is 2.39 bits per heavy atom. The quantitative estimate of drug-likeness (QED) is 0.498. The number of phenolic OH excluding ortho intramolecular Hbond substituents is 1. The fourth-order valence-electron chi connectivity index (χ4n) is 1.73. The second kappa shape index (κ2) is 5.30. The maximum Gasteiger partial charge on any atom is 0.192 e. The smallest absolute Gasteiger partial charge is 0.192 e. The van der Waals surface area contributed by atoms with Gasteiger partial charge in [-0.15, -0.1) is 0 Å². The van der Waals surface area contributed by atoms with Crippen LogP contribution in [-0.2, 0) is 0 Å². The van der Waals surface area contributed by atoms with E-state index in [2.05, 4.69) is 6.58 Å². The summed E-state index contributed by atoms with van der Waals surface area (Å²) in [5, 5.41) is 9.92. The molecule has 18 heavy (non-hydrogen) atoms. The first-order chi connectivity index (χ1) is 8.67. The molecule has 4 heteroatoms. The van der Waals surface area contributed by atoms with Gasteiger partial charge in [-0.05, 0) is 17.7 Å². The highest BCUT2D eigenvalue weighted by molar-refractivity contribution is 14.1. The fraction of sp³-hybridized carbons (Fsp3) is 0. The fourth-order valence-corrected chi connectivity index (χ4v) is 2.02. The van der Waals surface area contributed by atoms with Crippen molar-refractivity contribution in [1.82, 2.24) is 0 Å². The standard InChI is InChI=1S/C14H12INO2/c1-2-9-5-8-12(13(16)14(9)17)10-3-6-11(18-15)7-4-10/h2-8,17H,1,16H2. The second-order valence-electron chi connectivity index (χ2n) is 3.77. The average Bonchev–Trinajstić information content (AvgIpc) is 2.42. The molecular weight excluding hydrogens is 341 g/mol. The topological polar surface area (TPSA) is 55.5 Å². The lowest BCUT2D eigenvalue weighted by molar-refractivity contribution is 0.477. The van der Waals surface area contributed by atoms with E-state index in [4.69, 9.17) is 8.80 Å². The number of hydrogen-bond donors (Lipinski definition) is 2. The van der Waals surface area contributed by atoms with Gasteiger partial charge in [0.25, 0.3) is 0 Å². The lowest BCUT2D eigenvalue weighted by Crippen LogP contribution is -1.92. The molecule has 0 aliphatic heterocycles. The molecule has 0 fully saturated rings. The van der Waals surface area contributed by atoms with Crippen LogP contribution in [0.2, 0.25) is 0 Å². The van der Waals surface area contributed by atoms with Gasteiger partial charge >= 0.3 is 0 Å². The van der Waals surface area contributed by atoms with Crippen molar-refractivity contribution >= 4 is 34.8 Å². The van der Waals surface area contributed by atoms with Crippen molar-refractivity contribution in [2.24, 2.45) is 0 Å². The minimum atomic E-state index is 0.0664. The summed E-state index contributed by atoms with van der Waals surface area (Å²) in [6.45, 7) is 3.63. The third kappa shape index (κ3) is 2.28. The largest absolute Gasteiger partial charge is 0.505 e. The van der Waals surface area contributed by atoms with Gasteiger partial charge in [-0.1, -0.05) is 36.9 Å². The van der Waals surface area contributed by atoms with E-state index in [1.165, 1.54) is 0 Å². The second-order valence-corrected chi connectivity index (χ2v) is 4.21. The van der Waals surface area contributed by atoms with Crippen molar-refractivity contribution in [3.05, 3.63) is 48.5 Å². The van der Waals surface area contributed by atoms with E-state index in [-0.39, 0.29) is 5.75 Å². The first-order valence-corrected chi connectivity index (χ1v) is 6.18. The van der Waals surface area contributed by atoms with Crippen LogP contribution in [0.25, 0.3) is 17.2 Å². The third-order valence-corrected chi connectivity index (χ3v) is 3.23. The predicted octanol–water partition coefficient (Wildman–Crippen LogP) is 4.01. The number of halogens is 1. The van der Waals surface area contributed by atoms with E-state index in [9.17, 15) is 5.11 Å². The Morgan fingerprint density at radius 2 is 1.83 bits per heavy atom. The summed E-state index contributed by atoms with van der Waals surface area (Å²) in [6.07, 6.45) is 1.57. The van der Waals surface area contributed by atoms with Crippen LogP contribution in [0.15, 0.2) is 43.0 Å². The van der Waals surface area contributed by atoms with Crippen molar-refractivity contribution in [2.45, 2.75) is 0 Å². The van der Waals surface area contributed by atoms with Crippen LogP contribution < -0.4 is 8.80 Å². The summed E-state index contributed by atoms with van der Waals surface area (Å²) in [5.41, 5.74) is 8.63. The number of phenols is 1. The zero-order valence-electron chi connectivity index (χ0n) is 9.56. The molecule has 0 amide bonds. The monoisotopic (exact) mass is 353 g/mol. The summed E-state index contributed by atoms with van der Waals surface area (Å²) in [5.74, 6) is 0.835. The molecule has 2 aromatic carbocycles. The van der Waals surface area contributed by atoms with Gasteiger partial charge in [-0.25, -0.2) is 0 Å². The van der Waals surface area contributed by atoms with E-state index in [1.807, 2.05) is 53.3 Å². The molecule has 0 spiro atoms. The number of benzene rings is 2. The number of rotatable bonds is 3. The highest BCUT2D eigenvalue weighted by Gasteiger charge is 2.09. The van der Waals surface area contributed by atoms with E-state index in [1.54, 1.807) is 12.1 Å². The first-order valence-electron chi connectivity index (χ1n) is 5.30. The van der Waals surface area contributed by atoms with Gasteiger partial charge in [0.1, 0.15) is 11.5 Å². The van der Waals surface area contributed by atoms with Gasteiger partial charge in [0, 0.05) is 11.1 Å². The van der Waals surface area contributed by atoms with Crippen molar-refractivity contribution in [3.8, 4) is 22.6 Å². The maximum absolute atomic E-state index is 9.92. The van der Waals surface area contributed by atoms with Gasteiger partial charge in [0.15, 0.2) is 23.0 Å².